The van der Waals surface area contributed by atoms with E-state index in [1.54, 1.807) is 23.5 Å². The first kappa shape index (κ1) is 13.3. The van der Waals surface area contributed by atoms with E-state index >= 15 is 0 Å². The average Bonchev–Trinajstić information content (AvgIpc) is 3.09. The highest BCUT2D eigenvalue weighted by Crippen LogP contribution is 2.42. The zero-order chi connectivity index (χ0) is 13.2. The third-order valence-electron chi connectivity index (χ3n) is 3.46. The summed E-state index contributed by atoms with van der Waals surface area (Å²) in [6, 6.07) is 9.52. The van der Waals surface area contributed by atoms with Crippen LogP contribution in [0.5, 0.6) is 0 Å². The molecule has 1 aromatic carbocycles. The van der Waals surface area contributed by atoms with Crippen molar-refractivity contribution in [3.8, 4) is 0 Å². The Hall–Kier alpha value is -0.710. The predicted octanol–water partition coefficient (Wildman–Crippen LogP) is 4.89. The molecule has 3 rings (SSSR count). The summed E-state index contributed by atoms with van der Waals surface area (Å²) in [6.45, 7) is 0.692. The van der Waals surface area contributed by atoms with Crippen molar-refractivity contribution in [2.75, 3.05) is 0 Å². The van der Waals surface area contributed by atoms with Crippen molar-refractivity contribution < 1.29 is 4.39 Å². The zero-order valence-electron chi connectivity index (χ0n) is 10.4. The molecular weight excluding hydrogens is 325 g/mol. The maximum Gasteiger partial charge on any atom is 0.123 e. The molecule has 0 aliphatic heterocycles. The van der Waals surface area contributed by atoms with E-state index in [0.717, 1.165) is 16.0 Å². The Labute approximate surface area is 125 Å². The summed E-state index contributed by atoms with van der Waals surface area (Å²) < 4.78 is 14.2. The van der Waals surface area contributed by atoms with E-state index in [0.29, 0.717) is 12.6 Å². The molecule has 0 bridgehead atoms. The van der Waals surface area contributed by atoms with E-state index in [2.05, 4.69) is 38.8 Å². The molecule has 1 heterocycles. The molecule has 1 saturated carbocycles. The van der Waals surface area contributed by atoms with E-state index in [4.69, 9.17) is 0 Å². The molecule has 0 amide bonds. The molecule has 1 atom stereocenters. The highest BCUT2D eigenvalue weighted by Gasteiger charge is 2.32. The fraction of sp³-hybridized carbons (Fsp3) is 0.333. The number of hydrogen-bond acceptors (Lipinski definition) is 2. The summed E-state index contributed by atoms with van der Waals surface area (Å²) in [5.41, 5.74) is 0.974. The molecular formula is C15H15BrFNS. The van der Waals surface area contributed by atoms with Crippen LogP contribution in [0.1, 0.15) is 29.3 Å². The largest absolute Gasteiger partial charge is 0.305 e. The Bertz CT molecular complexity index is 551. The molecule has 1 unspecified atom stereocenters. The minimum absolute atomic E-state index is 0.181. The van der Waals surface area contributed by atoms with Crippen molar-refractivity contribution in [1.29, 1.82) is 0 Å². The van der Waals surface area contributed by atoms with Crippen LogP contribution in [0.2, 0.25) is 0 Å². The number of hydrogen-bond donors (Lipinski definition) is 1. The van der Waals surface area contributed by atoms with Gasteiger partial charge in [-0.25, -0.2) is 4.39 Å². The van der Waals surface area contributed by atoms with Crippen LogP contribution in [0.25, 0.3) is 0 Å². The van der Waals surface area contributed by atoms with Crippen molar-refractivity contribution in [3.63, 3.8) is 0 Å². The maximum atomic E-state index is 13.3. The number of halogens is 2. The van der Waals surface area contributed by atoms with Crippen molar-refractivity contribution in [1.82, 2.24) is 5.32 Å². The van der Waals surface area contributed by atoms with Gasteiger partial charge in [-0.1, -0.05) is 22.0 Å². The van der Waals surface area contributed by atoms with Crippen LogP contribution in [0, 0.1) is 11.7 Å². The second kappa shape index (κ2) is 5.73. The van der Waals surface area contributed by atoms with Gasteiger partial charge < -0.3 is 5.32 Å². The van der Waals surface area contributed by atoms with Gasteiger partial charge in [0.15, 0.2) is 0 Å². The van der Waals surface area contributed by atoms with Gasteiger partial charge >= 0.3 is 0 Å². The second-order valence-corrected chi connectivity index (χ2v) is 6.78. The molecule has 1 fully saturated rings. The normalized spacial score (nSPS) is 16.5. The topological polar surface area (TPSA) is 12.0 Å². The SMILES string of the molecule is Fc1ccc(Br)c(CNC(c2cccs2)C2CC2)c1. The third kappa shape index (κ3) is 3.25. The van der Waals surface area contributed by atoms with Crippen LogP contribution in [0.3, 0.4) is 0 Å². The summed E-state index contributed by atoms with van der Waals surface area (Å²) >= 11 is 5.27. The molecule has 1 aromatic heterocycles. The number of rotatable bonds is 5. The zero-order valence-corrected chi connectivity index (χ0v) is 12.8. The van der Waals surface area contributed by atoms with Crippen LogP contribution in [0.15, 0.2) is 40.2 Å². The molecule has 100 valence electrons. The summed E-state index contributed by atoms with van der Waals surface area (Å²) in [7, 11) is 0. The summed E-state index contributed by atoms with van der Waals surface area (Å²) in [4.78, 5) is 1.38. The Balaban J connectivity index is 1.71. The van der Waals surface area contributed by atoms with Gasteiger partial charge in [0.1, 0.15) is 5.82 Å². The first-order chi connectivity index (χ1) is 9.24. The minimum Gasteiger partial charge on any atom is -0.305 e. The van der Waals surface area contributed by atoms with E-state index < -0.39 is 0 Å². The van der Waals surface area contributed by atoms with Gasteiger partial charge in [-0.2, -0.15) is 0 Å². The first-order valence-electron chi connectivity index (χ1n) is 6.45. The van der Waals surface area contributed by atoms with Gasteiger partial charge in [0, 0.05) is 21.9 Å². The highest BCUT2D eigenvalue weighted by molar-refractivity contribution is 9.10. The van der Waals surface area contributed by atoms with E-state index in [1.807, 2.05) is 0 Å². The quantitative estimate of drug-likeness (QED) is 0.817. The Morgan fingerprint density at radius 2 is 2.21 bits per heavy atom. The first-order valence-corrected chi connectivity index (χ1v) is 8.12. The lowest BCUT2D eigenvalue weighted by Gasteiger charge is -2.17. The maximum absolute atomic E-state index is 13.3. The molecule has 1 nitrogen and oxygen atoms in total. The molecule has 19 heavy (non-hydrogen) atoms. The lowest BCUT2D eigenvalue weighted by molar-refractivity contribution is 0.486. The van der Waals surface area contributed by atoms with Gasteiger partial charge in [0.25, 0.3) is 0 Å². The molecule has 0 saturated heterocycles. The molecule has 2 aromatic rings. The van der Waals surface area contributed by atoms with E-state index in [1.165, 1.54) is 23.8 Å². The Morgan fingerprint density at radius 3 is 2.89 bits per heavy atom. The third-order valence-corrected chi connectivity index (χ3v) is 5.19. The molecule has 4 heteroatoms. The fourth-order valence-electron chi connectivity index (χ4n) is 2.30. The summed E-state index contributed by atoms with van der Waals surface area (Å²) in [6.07, 6.45) is 2.58. The Morgan fingerprint density at radius 1 is 1.37 bits per heavy atom. The second-order valence-electron chi connectivity index (χ2n) is 4.95. The van der Waals surface area contributed by atoms with Gasteiger partial charge in [-0.05, 0) is 54.0 Å². The van der Waals surface area contributed by atoms with Gasteiger partial charge in [0.2, 0.25) is 0 Å². The fourth-order valence-corrected chi connectivity index (χ4v) is 3.58. The summed E-state index contributed by atoms with van der Waals surface area (Å²) in [5, 5.41) is 5.70. The Kier molecular flexibility index (Phi) is 4.01. The van der Waals surface area contributed by atoms with E-state index in [-0.39, 0.29) is 5.82 Å². The molecule has 1 aliphatic carbocycles. The molecule has 0 spiro atoms. The highest BCUT2D eigenvalue weighted by atomic mass is 79.9. The van der Waals surface area contributed by atoms with E-state index in [9.17, 15) is 4.39 Å². The van der Waals surface area contributed by atoms with Crippen molar-refractivity contribution in [2.24, 2.45) is 5.92 Å². The number of nitrogens with one attached hydrogen (secondary N) is 1. The van der Waals surface area contributed by atoms with Crippen molar-refractivity contribution in [2.45, 2.75) is 25.4 Å². The molecule has 1 N–H and O–H groups in total. The van der Waals surface area contributed by atoms with Gasteiger partial charge in [-0.3, -0.25) is 0 Å². The van der Waals surface area contributed by atoms with Crippen LogP contribution >= 0.6 is 27.3 Å². The van der Waals surface area contributed by atoms with Crippen molar-refractivity contribution >= 4 is 27.3 Å². The van der Waals surface area contributed by atoms with Crippen LogP contribution < -0.4 is 5.32 Å². The van der Waals surface area contributed by atoms with Gasteiger partial charge in [-0.15, -0.1) is 11.3 Å². The minimum atomic E-state index is -0.181. The lowest BCUT2D eigenvalue weighted by atomic mass is 10.1. The van der Waals surface area contributed by atoms with Crippen LogP contribution in [0.4, 0.5) is 4.39 Å². The van der Waals surface area contributed by atoms with Crippen molar-refractivity contribution in [3.05, 3.63) is 56.4 Å². The van der Waals surface area contributed by atoms with Crippen LogP contribution in [-0.2, 0) is 6.54 Å². The standard InChI is InChI=1S/C15H15BrFNS/c16-13-6-5-12(17)8-11(13)9-18-15(10-3-4-10)14-2-1-7-19-14/h1-2,5-8,10,15,18H,3-4,9H2. The smallest absolute Gasteiger partial charge is 0.123 e. The number of benzene rings is 1. The van der Waals surface area contributed by atoms with Crippen LogP contribution in [-0.4, -0.2) is 0 Å². The van der Waals surface area contributed by atoms with Gasteiger partial charge in [0.05, 0.1) is 0 Å². The predicted molar refractivity (Wildman–Crippen MR) is 80.7 cm³/mol. The lowest BCUT2D eigenvalue weighted by Crippen LogP contribution is -2.22. The number of thiophene rings is 1. The summed E-state index contributed by atoms with van der Waals surface area (Å²) in [5.74, 6) is 0.560. The molecule has 1 aliphatic rings. The monoisotopic (exact) mass is 339 g/mol. The average molecular weight is 340 g/mol. The molecule has 0 radical (unpaired) electrons.